The zero-order valence-corrected chi connectivity index (χ0v) is 13.6. The zero-order chi connectivity index (χ0) is 17.0. The first-order chi connectivity index (χ1) is 11.5. The second-order valence-corrected chi connectivity index (χ2v) is 6.56. The average Bonchev–Trinajstić information content (AvgIpc) is 3.23. The van der Waals surface area contributed by atoms with E-state index in [-0.39, 0.29) is 12.0 Å². The molecule has 24 heavy (non-hydrogen) atoms. The predicted molar refractivity (Wildman–Crippen MR) is 81.8 cm³/mol. The number of hydrogen-bond donors (Lipinski definition) is 1. The van der Waals surface area contributed by atoms with E-state index in [9.17, 15) is 13.2 Å². The van der Waals surface area contributed by atoms with Crippen LogP contribution in [0.2, 0.25) is 0 Å². The first-order valence-corrected chi connectivity index (χ1v) is 8.56. The maximum Gasteiger partial charge on any atom is 0.435 e. The van der Waals surface area contributed by atoms with Crippen molar-refractivity contribution >= 4 is 0 Å². The van der Waals surface area contributed by atoms with Gasteiger partial charge in [0.25, 0.3) is 0 Å². The number of H-pyrrole nitrogens is 1. The number of ether oxygens (including phenoxy) is 2. The summed E-state index contributed by atoms with van der Waals surface area (Å²) in [6.07, 6.45) is -0.146. The second kappa shape index (κ2) is 7.84. The number of piperidine rings is 1. The van der Waals surface area contributed by atoms with Crippen LogP contribution in [0.1, 0.15) is 43.0 Å². The average molecular weight is 347 g/mol. The minimum absolute atomic E-state index is 0.0699. The standard InChI is InChI=1S/C16H24F3N3O2/c17-16(18,19)15-9-14(20-21-15)12-3-1-5-22(10-12)6-8-23-11-13-4-2-7-24-13/h9,12-13H,1-8,10-11H2,(H,20,21)/t12-,13-/m0/s1. The topological polar surface area (TPSA) is 50.4 Å². The van der Waals surface area contributed by atoms with Gasteiger partial charge in [0.2, 0.25) is 0 Å². The fraction of sp³-hybridized carbons (Fsp3) is 0.812. The molecule has 0 bridgehead atoms. The van der Waals surface area contributed by atoms with Crippen molar-refractivity contribution in [3.8, 4) is 0 Å². The number of hydrogen-bond acceptors (Lipinski definition) is 4. The second-order valence-electron chi connectivity index (χ2n) is 6.56. The third kappa shape index (κ3) is 4.70. The first kappa shape index (κ1) is 17.7. The van der Waals surface area contributed by atoms with Gasteiger partial charge in [0, 0.05) is 31.3 Å². The molecule has 3 heterocycles. The highest BCUT2D eigenvalue weighted by Crippen LogP contribution is 2.31. The van der Waals surface area contributed by atoms with Crippen molar-refractivity contribution in [3.05, 3.63) is 17.5 Å². The van der Waals surface area contributed by atoms with Crippen LogP contribution in [-0.2, 0) is 15.7 Å². The fourth-order valence-electron chi connectivity index (χ4n) is 3.39. The number of likely N-dealkylation sites (tertiary alicyclic amines) is 1. The van der Waals surface area contributed by atoms with E-state index in [1.807, 2.05) is 0 Å². The highest BCUT2D eigenvalue weighted by atomic mass is 19.4. The molecule has 0 spiro atoms. The summed E-state index contributed by atoms with van der Waals surface area (Å²) in [6.45, 7) is 4.58. The Morgan fingerprint density at radius 3 is 2.92 bits per heavy atom. The molecular weight excluding hydrogens is 323 g/mol. The quantitative estimate of drug-likeness (QED) is 0.804. The lowest BCUT2D eigenvalue weighted by atomic mass is 9.94. The van der Waals surface area contributed by atoms with E-state index >= 15 is 0 Å². The summed E-state index contributed by atoms with van der Waals surface area (Å²) in [7, 11) is 0. The Hall–Kier alpha value is -1.12. The summed E-state index contributed by atoms with van der Waals surface area (Å²) in [5, 5.41) is 5.96. The minimum Gasteiger partial charge on any atom is -0.377 e. The van der Waals surface area contributed by atoms with Gasteiger partial charge in [-0.2, -0.15) is 18.3 Å². The summed E-state index contributed by atoms with van der Waals surface area (Å²) in [4.78, 5) is 2.25. The molecule has 1 aromatic rings. The Bertz CT molecular complexity index is 515. The lowest BCUT2D eigenvalue weighted by molar-refractivity contribution is -0.141. The highest BCUT2D eigenvalue weighted by molar-refractivity contribution is 5.16. The Morgan fingerprint density at radius 1 is 1.33 bits per heavy atom. The van der Waals surface area contributed by atoms with Crippen LogP contribution in [0.5, 0.6) is 0 Å². The minimum atomic E-state index is -4.39. The van der Waals surface area contributed by atoms with Gasteiger partial charge in [-0.3, -0.25) is 5.10 Å². The third-order valence-corrected chi connectivity index (χ3v) is 4.71. The molecule has 2 aliphatic rings. The molecule has 2 atom stereocenters. The van der Waals surface area contributed by atoms with Crippen molar-refractivity contribution in [2.24, 2.45) is 0 Å². The van der Waals surface area contributed by atoms with E-state index in [4.69, 9.17) is 9.47 Å². The summed E-state index contributed by atoms with van der Waals surface area (Å²) in [5.74, 6) is 0.0699. The molecule has 2 fully saturated rings. The highest BCUT2D eigenvalue weighted by Gasteiger charge is 2.35. The van der Waals surface area contributed by atoms with Gasteiger partial charge in [-0.15, -0.1) is 0 Å². The molecule has 0 saturated carbocycles. The molecular formula is C16H24F3N3O2. The summed E-state index contributed by atoms with van der Waals surface area (Å²) >= 11 is 0. The van der Waals surface area contributed by atoms with Crippen molar-refractivity contribution < 1.29 is 22.6 Å². The van der Waals surface area contributed by atoms with Crippen LogP contribution in [0.25, 0.3) is 0 Å². The zero-order valence-electron chi connectivity index (χ0n) is 13.6. The molecule has 8 heteroatoms. The monoisotopic (exact) mass is 347 g/mol. The fourth-order valence-corrected chi connectivity index (χ4v) is 3.39. The molecule has 0 amide bonds. The number of alkyl halides is 3. The Kier molecular flexibility index (Phi) is 5.78. The van der Waals surface area contributed by atoms with Gasteiger partial charge in [-0.1, -0.05) is 0 Å². The van der Waals surface area contributed by atoms with Crippen molar-refractivity contribution in [2.75, 3.05) is 39.5 Å². The van der Waals surface area contributed by atoms with Gasteiger partial charge in [0.05, 0.1) is 19.3 Å². The van der Waals surface area contributed by atoms with E-state index in [0.717, 1.165) is 58.0 Å². The molecule has 5 nitrogen and oxygen atoms in total. The van der Waals surface area contributed by atoms with Gasteiger partial charge in [0.1, 0.15) is 0 Å². The molecule has 0 aliphatic carbocycles. The van der Waals surface area contributed by atoms with Crippen LogP contribution in [-0.4, -0.2) is 60.7 Å². The van der Waals surface area contributed by atoms with Crippen LogP contribution in [0.4, 0.5) is 13.2 Å². The predicted octanol–water partition coefficient (Wildman–Crippen LogP) is 2.80. The van der Waals surface area contributed by atoms with Gasteiger partial charge in [0.15, 0.2) is 5.69 Å². The SMILES string of the molecule is FC(F)(F)c1cc([C@H]2CCCN(CCOC[C@@H]3CCCO3)C2)[nH]n1. The number of nitrogens with one attached hydrogen (secondary N) is 1. The molecule has 136 valence electrons. The van der Waals surface area contributed by atoms with Crippen LogP contribution in [0.15, 0.2) is 6.07 Å². The molecule has 2 aliphatic heterocycles. The lowest BCUT2D eigenvalue weighted by Gasteiger charge is -2.32. The van der Waals surface area contributed by atoms with E-state index in [1.54, 1.807) is 0 Å². The molecule has 0 unspecified atom stereocenters. The maximum atomic E-state index is 12.7. The Balaban J connectivity index is 1.43. The van der Waals surface area contributed by atoms with Crippen LogP contribution in [0.3, 0.4) is 0 Å². The van der Waals surface area contributed by atoms with Gasteiger partial charge >= 0.3 is 6.18 Å². The van der Waals surface area contributed by atoms with E-state index in [2.05, 4.69) is 15.1 Å². The summed E-state index contributed by atoms with van der Waals surface area (Å²) < 4.78 is 49.2. The van der Waals surface area contributed by atoms with Gasteiger partial charge in [-0.05, 0) is 38.3 Å². The van der Waals surface area contributed by atoms with E-state index < -0.39 is 11.9 Å². The van der Waals surface area contributed by atoms with Gasteiger partial charge in [-0.25, -0.2) is 0 Å². The van der Waals surface area contributed by atoms with Crippen LogP contribution in [0, 0.1) is 0 Å². The van der Waals surface area contributed by atoms with Crippen molar-refractivity contribution in [2.45, 2.75) is 43.9 Å². The molecule has 2 saturated heterocycles. The normalized spacial score (nSPS) is 26.1. The number of halogens is 3. The molecule has 0 radical (unpaired) electrons. The summed E-state index contributed by atoms with van der Waals surface area (Å²) in [6, 6.07) is 1.14. The third-order valence-electron chi connectivity index (χ3n) is 4.71. The smallest absolute Gasteiger partial charge is 0.377 e. The van der Waals surface area contributed by atoms with E-state index in [1.165, 1.54) is 0 Å². The van der Waals surface area contributed by atoms with Crippen molar-refractivity contribution in [1.82, 2.24) is 15.1 Å². The van der Waals surface area contributed by atoms with Crippen LogP contribution < -0.4 is 0 Å². The molecule has 3 rings (SSSR count). The summed E-state index contributed by atoms with van der Waals surface area (Å²) in [5.41, 5.74) is -0.262. The number of aromatic nitrogens is 2. The first-order valence-electron chi connectivity index (χ1n) is 8.56. The number of aromatic amines is 1. The maximum absolute atomic E-state index is 12.7. The Labute approximate surface area is 139 Å². The number of nitrogens with zero attached hydrogens (tertiary/aromatic N) is 2. The molecule has 1 aromatic heterocycles. The lowest BCUT2D eigenvalue weighted by Crippen LogP contribution is -2.37. The molecule has 1 N–H and O–H groups in total. The largest absolute Gasteiger partial charge is 0.435 e. The van der Waals surface area contributed by atoms with E-state index in [0.29, 0.717) is 18.9 Å². The van der Waals surface area contributed by atoms with Crippen molar-refractivity contribution in [1.29, 1.82) is 0 Å². The number of rotatable bonds is 6. The van der Waals surface area contributed by atoms with Gasteiger partial charge < -0.3 is 14.4 Å². The van der Waals surface area contributed by atoms with Crippen molar-refractivity contribution in [3.63, 3.8) is 0 Å². The molecule has 0 aromatic carbocycles. The van der Waals surface area contributed by atoms with Crippen LogP contribution >= 0.6 is 0 Å². The Morgan fingerprint density at radius 2 is 2.21 bits per heavy atom.